The van der Waals surface area contributed by atoms with Gasteiger partial charge in [0, 0.05) is 6.54 Å². The van der Waals surface area contributed by atoms with E-state index in [0.717, 1.165) is 11.3 Å². The van der Waals surface area contributed by atoms with Crippen LogP contribution >= 0.6 is 0 Å². The van der Waals surface area contributed by atoms with Gasteiger partial charge in [0.2, 0.25) is 0 Å². The lowest BCUT2D eigenvalue weighted by molar-refractivity contribution is -0.106. The largest absolute Gasteiger partial charge is 0.525 e. The Kier molecular flexibility index (Phi) is 3.29. The highest BCUT2D eigenvalue weighted by Crippen LogP contribution is 2.14. The van der Waals surface area contributed by atoms with Crippen LogP contribution in [0, 0.1) is 0 Å². The molecule has 0 saturated carbocycles. The third-order valence-electron chi connectivity index (χ3n) is 1.63. The number of hydrogen-bond donors (Lipinski definition) is 1. The van der Waals surface area contributed by atoms with Crippen molar-refractivity contribution in [3.8, 4) is 0 Å². The van der Waals surface area contributed by atoms with Gasteiger partial charge in [0.25, 0.3) is 10.1 Å². The monoisotopic (exact) mass is 225 g/mol. The molecule has 1 heterocycles. The average Bonchev–Trinajstić information content (AvgIpc) is 2.30. The fourth-order valence-electron chi connectivity index (χ4n) is 1.22. The summed E-state index contributed by atoms with van der Waals surface area (Å²) < 4.78 is 26.1. The van der Waals surface area contributed by atoms with Crippen molar-refractivity contribution in [3.63, 3.8) is 0 Å². The lowest BCUT2D eigenvalue weighted by atomic mass is 10.3. The predicted octanol–water partition coefficient (Wildman–Crippen LogP) is -0.353. The molecule has 1 aliphatic heterocycles. The molecule has 0 amide bonds. The first kappa shape index (κ1) is 11.2. The SMILES string of the molecule is CS(=O)(=O)OC1CCN(OC(=O)O)C1. The maximum Gasteiger partial charge on any atom is 0.525 e. The van der Waals surface area contributed by atoms with Crippen molar-refractivity contribution < 1.29 is 27.3 Å². The lowest BCUT2D eigenvalue weighted by Gasteiger charge is -2.12. The molecule has 0 aliphatic carbocycles. The van der Waals surface area contributed by atoms with E-state index in [2.05, 4.69) is 9.02 Å². The Bertz CT molecular complexity index is 312. The Morgan fingerprint density at radius 3 is 2.71 bits per heavy atom. The Morgan fingerprint density at radius 1 is 1.57 bits per heavy atom. The van der Waals surface area contributed by atoms with Gasteiger partial charge in [-0.3, -0.25) is 4.18 Å². The van der Waals surface area contributed by atoms with E-state index in [1.807, 2.05) is 0 Å². The van der Waals surface area contributed by atoms with Gasteiger partial charge in [-0.25, -0.2) is 4.79 Å². The molecular formula is C6H11NO6S. The molecule has 1 fully saturated rings. The van der Waals surface area contributed by atoms with Crippen LogP contribution in [0.25, 0.3) is 0 Å². The molecule has 82 valence electrons. The first-order valence-corrected chi connectivity index (χ1v) is 5.72. The Hall–Kier alpha value is -0.860. The van der Waals surface area contributed by atoms with E-state index in [0.29, 0.717) is 13.0 Å². The van der Waals surface area contributed by atoms with Gasteiger partial charge < -0.3 is 9.94 Å². The maximum atomic E-state index is 10.7. The first-order valence-electron chi connectivity index (χ1n) is 3.91. The van der Waals surface area contributed by atoms with E-state index in [4.69, 9.17) is 5.11 Å². The summed E-state index contributed by atoms with van der Waals surface area (Å²) in [5, 5.41) is 9.42. The molecule has 0 spiro atoms. The van der Waals surface area contributed by atoms with Crippen LogP contribution in [0.1, 0.15) is 6.42 Å². The summed E-state index contributed by atoms with van der Waals surface area (Å²) in [7, 11) is -3.49. The van der Waals surface area contributed by atoms with Gasteiger partial charge in [-0.1, -0.05) is 0 Å². The minimum absolute atomic E-state index is 0.138. The normalized spacial score (nSPS) is 23.6. The van der Waals surface area contributed by atoms with Crippen molar-refractivity contribution in [1.82, 2.24) is 5.06 Å². The highest BCUT2D eigenvalue weighted by Gasteiger charge is 2.28. The van der Waals surface area contributed by atoms with E-state index < -0.39 is 22.4 Å². The van der Waals surface area contributed by atoms with Crippen LogP contribution in [0.2, 0.25) is 0 Å². The van der Waals surface area contributed by atoms with Gasteiger partial charge in [-0.2, -0.15) is 8.42 Å². The minimum Gasteiger partial charge on any atom is -0.448 e. The smallest absolute Gasteiger partial charge is 0.448 e. The van der Waals surface area contributed by atoms with E-state index in [9.17, 15) is 13.2 Å². The van der Waals surface area contributed by atoms with Crippen molar-refractivity contribution in [2.75, 3.05) is 19.3 Å². The van der Waals surface area contributed by atoms with Crippen molar-refractivity contribution in [3.05, 3.63) is 0 Å². The van der Waals surface area contributed by atoms with Crippen LogP contribution < -0.4 is 0 Å². The summed E-state index contributed by atoms with van der Waals surface area (Å²) in [6, 6.07) is 0. The molecule has 7 nitrogen and oxygen atoms in total. The fourth-order valence-corrected chi connectivity index (χ4v) is 1.87. The molecule has 0 aromatic heterocycles. The van der Waals surface area contributed by atoms with Gasteiger partial charge in [0.15, 0.2) is 0 Å². The third-order valence-corrected chi connectivity index (χ3v) is 2.25. The average molecular weight is 225 g/mol. The summed E-state index contributed by atoms with van der Waals surface area (Å²) in [6.45, 7) is 0.478. The van der Waals surface area contributed by atoms with E-state index in [1.54, 1.807) is 0 Å². The second-order valence-corrected chi connectivity index (χ2v) is 4.56. The van der Waals surface area contributed by atoms with Gasteiger partial charge in [0.05, 0.1) is 18.9 Å². The first-order chi connectivity index (χ1) is 6.37. The summed E-state index contributed by atoms with van der Waals surface area (Å²) in [5.41, 5.74) is 0. The molecule has 0 aromatic rings. The molecule has 1 N–H and O–H groups in total. The zero-order valence-electron chi connectivity index (χ0n) is 7.54. The summed E-state index contributed by atoms with van der Waals surface area (Å²) in [4.78, 5) is 14.5. The predicted molar refractivity (Wildman–Crippen MR) is 45.0 cm³/mol. The second-order valence-electron chi connectivity index (χ2n) is 2.96. The van der Waals surface area contributed by atoms with Crippen molar-refractivity contribution >= 4 is 16.3 Å². The van der Waals surface area contributed by atoms with E-state index >= 15 is 0 Å². The minimum atomic E-state index is -3.49. The fraction of sp³-hybridized carbons (Fsp3) is 0.833. The van der Waals surface area contributed by atoms with Crippen LogP contribution in [-0.4, -0.2) is 50.2 Å². The molecule has 0 bridgehead atoms. The zero-order valence-corrected chi connectivity index (χ0v) is 8.36. The molecule has 0 radical (unpaired) electrons. The number of carboxylic acid groups (broad SMARTS) is 1. The third kappa shape index (κ3) is 3.90. The van der Waals surface area contributed by atoms with E-state index in [-0.39, 0.29) is 6.54 Å². The van der Waals surface area contributed by atoms with Gasteiger partial charge in [0.1, 0.15) is 0 Å². The zero-order chi connectivity index (χ0) is 10.8. The molecular weight excluding hydrogens is 214 g/mol. The molecule has 1 atom stereocenters. The number of rotatable bonds is 3. The lowest BCUT2D eigenvalue weighted by Crippen LogP contribution is -2.27. The van der Waals surface area contributed by atoms with E-state index in [1.165, 1.54) is 0 Å². The van der Waals surface area contributed by atoms with Crippen LogP contribution in [-0.2, 0) is 19.1 Å². The van der Waals surface area contributed by atoms with Gasteiger partial charge in [-0.05, 0) is 6.42 Å². The molecule has 8 heteroatoms. The topological polar surface area (TPSA) is 93.1 Å². The number of hydrogen-bond acceptors (Lipinski definition) is 6. The van der Waals surface area contributed by atoms with Crippen molar-refractivity contribution in [1.29, 1.82) is 0 Å². The molecule has 14 heavy (non-hydrogen) atoms. The molecule has 0 aromatic carbocycles. The second kappa shape index (κ2) is 4.11. The van der Waals surface area contributed by atoms with Gasteiger partial charge in [-0.15, -0.1) is 5.06 Å². The quantitative estimate of drug-likeness (QED) is 0.656. The summed E-state index contributed by atoms with van der Waals surface area (Å²) >= 11 is 0. The van der Waals surface area contributed by atoms with Crippen LogP contribution in [0.5, 0.6) is 0 Å². The van der Waals surface area contributed by atoms with Crippen molar-refractivity contribution in [2.24, 2.45) is 0 Å². The highest BCUT2D eigenvalue weighted by atomic mass is 32.2. The highest BCUT2D eigenvalue weighted by molar-refractivity contribution is 7.86. The maximum absolute atomic E-state index is 10.7. The van der Waals surface area contributed by atoms with Crippen LogP contribution in [0.3, 0.4) is 0 Å². The number of hydroxylamine groups is 2. The molecule has 1 saturated heterocycles. The summed E-state index contributed by atoms with van der Waals surface area (Å²) in [6.07, 6.45) is -0.553. The molecule has 1 aliphatic rings. The van der Waals surface area contributed by atoms with Gasteiger partial charge >= 0.3 is 6.16 Å². The number of carbonyl (C=O) groups is 1. The molecule has 1 unspecified atom stereocenters. The van der Waals surface area contributed by atoms with Crippen LogP contribution in [0.15, 0.2) is 0 Å². The standard InChI is InChI=1S/C6H11NO6S/c1-14(10,11)13-5-2-3-7(4-5)12-6(8)9/h5H,2-4H2,1H3,(H,8,9). The Balaban J connectivity index is 2.38. The van der Waals surface area contributed by atoms with Crippen LogP contribution in [0.4, 0.5) is 4.79 Å². The van der Waals surface area contributed by atoms with Crippen molar-refractivity contribution in [2.45, 2.75) is 12.5 Å². The number of nitrogens with zero attached hydrogens (tertiary/aromatic N) is 1. The molecule has 1 rings (SSSR count). The Labute approximate surface area is 81.3 Å². The Morgan fingerprint density at radius 2 is 2.21 bits per heavy atom. The summed E-state index contributed by atoms with van der Waals surface area (Å²) in [5.74, 6) is 0.